The van der Waals surface area contributed by atoms with E-state index in [2.05, 4.69) is 9.97 Å². The highest BCUT2D eigenvalue weighted by Gasteiger charge is 2.11. The fourth-order valence-electron chi connectivity index (χ4n) is 2.30. The van der Waals surface area contributed by atoms with Gasteiger partial charge in [-0.3, -0.25) is 9.78 Å². The number of ether oxygens (including phenoxy) is 2. The molecule has 124 valence electrons. The van der Waals surface area contributed by atoms with Crippen LogP contribution in [0.3, 0.4) is 0 Å². The van der Waals surface area contributed by atoms with Crippen molar-refractivity contribution in [2.45, 2.75) is 33.6 Å². The predicted molar refractivity (Wildman–Crippen MR) is 88.6 cm³/mol. The summed E-state index contributed by atoms with van der Waals surface area (Å²) in [4.78, 5) is 28.1. The Hall–Kier alpha value is -2.50. The molecule has 23 heavy (non-hydrogen) atoms. The third-order valence-electron chi connectivity index (χ3n) is 3.41. The van der Waals surface area contributed by atoms with E-state index in [9.17, 15) is 9.59 Å². The third-order valence-corrected chi connectivity index (χ3v) is 3.41. The first kappa shape index (κ1) is 16.9. The van der Waals surface area contributed by atoms with E-state index in [4.69, 9.17) is 9.47 Å². The number of hydrogen-bond acceptors (Lipinski definition) is 4. The Morgan fingerprint density at radius 3 is 2.48 bits per heavy atom. The molecule has 0 aliphatic heterocycles. The molecule has 2 N–H and O–H groups in total. The minimum atomic E-state index is -0.491. The van der Waals surface area contributed by atoms with Gasteiger partial charge in [0.1, 0.15) is 0 Å². The van der Waals surface area contributed by atoms with Crippen LogP contribution in [0.5, 0.6) is 11.5 Å². The highest BCUT2D eigenvalue weighted by atomic mass is 16.5. The first-order valence-corrected chi connectivity index (χ1v) is 7.75. The number of nitrogens with one attached hydrogen (secondary N) is 2. The van der Waals surface area contributed by atoms with Crippen molar-refractivity contribution in [3.63, 3.8) is 0 Å². The summed E-state index contributed by atoms with van der Waals surface area (Å²) in [6, 6.07) is 5.63. The first-order chi connectivity index (χ1) is 11.0. The molecule has 0 aliphatic carbocycles. The van der Waals surface area contributed by atoms with Crippen molar-refractivity contribution in [2.24, 2.45) is 0 Å². The van der Waals surface area contributed by atoms with Crippen molar-refractivity contribution in [3.8, 4) is 11.5 Å². The fourth-order valence-corrected chi connectivity index (χ4v) is 2.30. The summed E-state index contributed by atoms with van der Waals surface area (Å²) >= 11 is 0. The molecule has 0 bridgehead atoms. The molecule has 2 aromatic rings. The molecule has 6 nitrogen and oxygen atoms in total. The maximum atomic E-state index is 12.0. The van der Waals surface area contributed by atoms with Gasteiger partial charge in [-0.1, -0.05) is 13.0 Å². The predicted octanol–water partition coefficient (Wildman–Crippen LogP) is 2.15. The van der Waals surface area contributed by atoms with Crippen LogP contribution < -0.4 is 20.7 Å². The van der Waals surface area contributed by atoms with Crippen LogP contribution in [0.1, 0.15) is 37.1 Å². The number of aromatic nitrogens is 2. The maximum absolute atomic E-state index is 12.0. The van der Waals surface area contributed by atoms with Crippen LogP contribution in [0.4, 0.5) is 0 Å². The molecule has 0 amide bonds. The van der Waals surface area contributed by atoms with Gasteiger partial charge in [0.15, 0.2) is 11.5 Å². The van der Waals surface area contributed by atoms with Crippen molar-refractivity contribution in [2.75, 3.05) is 13.2 Å². The molecule has 0 radical (unpaired) electrons. The van der Waals surface area contributed by atoms with Gasteiger partial charge in [0.25, 0.3) is 5.56 Å². The molecule has 2 rings (SSSR count). The number of hydrogen-bond donors (Lipinski definition) is 2. The van der Waals surface area contributed by atoms with E-state index in [1.165, 1.54) is 0 Å². The lowest BCUT2D eigenvalue weighted by molar-refractivity contribution is 0.276. The summed E-state index contributed by atoms with van der Waals surface area (Å²) in [5.74, 6) is 1.36. The second-order valence-corrected chi connectivity index (χ2v) is 5.25. The molecule has 1 aromatic heterocycles. The van der Waals surface area contributed by atoms with Crippen LogP contribution >= 0.6 is 0 Å². The van der Waals surface area contributed by atoms with E-state index < -0.39 is 5.69 Å². The minimum Gasteiger partial charge on any atom is -0.490 e. The Kier molecular flexibility index (Phi) is 5.62. The first-order valence-electron chi connectivity index (χ1n) is 7.75. The largest absolute Gasteiger partial charge is 0.490 e. The minimum absolute atomic E-state index is 0.365. The van der Waals surface area contributed by atoms with Crippen LogP contribution in [-0.4, -0.2) is 23.2 Å². The summed E-state index contributed by atoms with van der Waals surface area (Å²) in [5, 5.41) is 0. The second-order valence-electron chi connectivity index (χ2n) is 5.25. The fraction of sp³-hybridized carbons (Fsp3) is 0.412. The Morgan fingerprint density at radius 1 is 1.04 bits per heavy atom. The Labute approximate surface area is 134 Å². The van der Waals surface area contributed by atoms with Gasteiger partial charge in [-0.05, 0) is 38.0 Å². The number of rotatable bonds is 7. The van der Waals surface area contributed by atoms with Crippen molar-refractivity contribution in [1.82, 2.24) is 9.97 Å². The van der Waals surface area contributed by atoms with Gasteiger partial charge in [0.05, 0.1) is 13.2 Å². The molecule has 6 heteroatoms. The third kappa shape index (κ3) is 4.25. The molecular weight excluding hydrogens is 296 g/mol. The zero-order chi connectivity index (χ0) is 16.8. The van der Waals surface area contributed by atoms with Crippen molar-refractivity contribution >= 4 is 0 Å². The van der Waals surface area contributed by atoms with Gasteiger partial charge in [0, 0.05) is 17.7 Å². The Morgan fingerprint density at radius 2 is 1.83 bits per heavy atom. The summed E-state index contributed by atoms with van der Waals surface area (Å²) in [6.45, 7) is 6.82. The molecular formula is C17H22N2O4. The summed E-state index contributed by atoms with van der Waals surface area (Å²) in [7, 11) is 0. The lowest BCUT2D eigenvalue weighted by Gasteiger charge is -2.13. The second kappa shape index (κ2) is 7.67. The average molecular weight is 318 g/mol. The van der Waals surface area contributed by atoms with Crippen molar-refractivity contribution < 1.29 is 9.47 Å². The number of aryl methyl sites for hydroxylation is 1. The lowest BCUT2D eigenvalue weighted by atomic mass is 10.0. The summed E-state index contributed by atoms with van der Waals surface area (Å²) in [5.41, 5.74) is 1.17. The van der Waals surface area contributed by atoms with E-state index in [-0.39, 0.29) is 5.56 Å². The number of benzene rings is 1. The monoisotopic (exact) mass is 318 g/mol. The van der Waals surface area contributed by atoms with Gasteiger partial charge in [-0.2, -0.15) is 0 Å². The lowest BCUT2D eigenvalue weighted by Crippen LogP contribution is -2.27. The van der Waals surface area contributed by atoms with Crippen LogP contribution in [-0.2, 0) is 6.42 Å². The van der Waals surface area contributed by atoms with Crippen LogP contribution in [0.15, 0.2) is 27.8 Å². The van der Waals surface area contributed by atoms with Crippen molar-refractivity contribution in [1.29, 1.82) is 0 Å². The normalized spacial score (nSPS) is 10.6. The van der Waals surface area contributed by atoms with E-state index in [0.717, 1.165) is 12.0 Å². The number of H-pyrrole nitrogens is 2. The van der Waals surface area contributed by atoms with Crippen LogP contribution in [0.25, 0.3) is 0 Å². The Balaban J connectivity index is 2.32. The van der Waals surface area contributed by atoms with Crippen LogP contribution in [0, 0.1) is 6.92 Å². The van der Waals surface area contributed by atoms with E-state index >= 15 is 0 Å². The average Bonchev–Trinajstić information content (AvgIpc) is 2.50. The molecule has 1 aromatic carbocycles. The molecule has 0 unspecified atom stereocenters. The quantitative estimate of drug-likeness (QED) is 0.819. The highest BCUT2D eigenvalue weighted by molar-refractivity contribution is 5.44. The highest BCUT2D eigenvalue weighted by Crippen LogP contribution is 2.29. The molecule has 1 heterocycles. The van der Waals surface area contributed by atoms with Gasteiger partial charge in [-0.25, -0.2) is 4.79 Å². The smallest absolute Gasteiger partial charge is 0.325 e. The van der Waals surface area contributed by atoms with Gasteiger partial charge in [-0.15, -0.1) is 0 Å². The van der Waals surface area contributed by atoms with Gasteiger partial charge < -0.3 is 14.5 Å². The SMILES string of the molecule is CCCOc1ccc(Cc2c(C)[nH]c(=O)[nH]c2=O)cc1OCC. The van der Waals surface area contributed by atoms with Gasteiger partial charge in [0.2, 0.25) is 0 Å². The van der Waals surface area contributed by atoms with E-state index in [1.54, 1.807) is 6.92 Å². The molecule has 0 spiro atoms. The zero-order valence-electron chi connectivity index (χ0n) is 13.7. The van der Waals surface area contributed by atoms with Crippen LogP contribution in [0.2, 0.25) is 0 Å². The molecule has 0 atom stereocenters. The molecule has 0 fully saturated rings. The molecule has 0 saturated heterocycles. The van der Waals surface area contributed by atoms with Crippen molar-refractivity contribution in [3.05, 3.63) is 55.9 Å². The summed E-state index contributed by atoms with van der Waals surface area (Å²) < 4.78 is 11.3. The maximum Gasteiger partial charge on any atom is 0.325 e. The topological polar surface area (TPSA) is 84.2 Å². The Bertz CT molecular complexity index is 777. The van der Waals surface area contributed by atoms with E-state index in [1.807, 2.05) is 32.0 Å². The van der Waals surface area contributed by atoms with Gasteiger partial charge >= 0.3 is 5.69 Å². The van der Waals surface area contributed by atoms with E-state index in [0.29, 0.717) is 42.4 Å². The zero-order valence-corrected chi connectivity index (χ0v) is 13.7. The standard InChI is InChI=1S/C17H22N2O4/c1-4-8-23-14-7-6-12(10-15(14)22-5-2)9-13-11(3)18-17(21)19-16(13)20/h6-7,10H,4-5,8-9H2,1-3H3,(H2,18,19,20,21). The number of aromatic amines is 2. The molecule has 0 aliphatic rings. The summed E-state index contributed by atoms with van der Waals surface area (Å²) in [6.07, 6.45) is 1.32. The molecule has 0 saturated carbocycles.